The predicted molar refractivity (Wildman–Crippen MR) is 162 cm³/mol. The van der Waals surface area contributed by atoms with Crippen LogP contribution in [0.5, 0.6) is 0 Å². The van der Waals surface area contributed by atoms with Gasteiger partial charge in [0.25, 0.3) is 0 Å². The first-order valence-electron chi connectivity index (χ1n) is 13.0. The van der Waals surface area contributed by atoms with E-state index >= 15 is 0 Å². The molecule has 5 rings (SSSR count). The number of hydrogen-bond donors (Lipinski definition) is 0. The van der Waals surface area contributed by atoms with Crippen molar-refractivity contribution in [2.24, 2.45) is 9.98 Å². The molecule has 0 aromatic heterocycles. The molecule has 0 saturated heterocycles. The molecule has 0 spiro atoms. The molecule has 5 aromatic rings. The number of rotatable bonds is 6. The van der Waals surface area contributed by atoms with Crippen molar-refractivity contribution in [1.29, 1.82) is 0 Å². The van der Waals surface area contributed by atoms with Gasteiger partial charge in [-0.05, 0) is 49.9 Å². The van der Waals surface area contributed by atoms with Gasteiger partial charge in [0.2, 0.25) is 0 Å². The summed E-state index contributed by atoms with van der Waals surface area (Å²) in [5.74, 6) is 0. The minimum Gasteiger partial charge on any atom is -0.247 e. The average molecular weight is 493 g/mol. The molecule has 38 heavy (non-hydrogen) atoms. The van der Waals surface area contributed by atoms with Gasteiger partial charge in [-0.1, -0.05) is 121 Å². The van der Waals surface area contributed by atoms with E-state index in [0.29, 0.717) is 0 Å². The van der Waals surface area contributed by atoms with E-state index in [1.54, 1.807) is 0 Å². The number of aryl methyl sites for hydroxylation is 4. The van der Waals surface area contributed by atoms with Crippen molar-refractivity contribution in [2.45, 2.75) is 27.7 Å². The monoisotopic (exact) mass is 492 g/mol. The SMILES string of the molecule is Cc1cccc(C)c1N=C(c1ccccc1)c1ccc(C(=Nc2c(C)cccc2C)c2ccccc2)cc1. The van der Waals surface area contributed by atoms with Crippen molar-refractivity contribution in [3.8, 4) is 0 Å². The molecule has 0 bridgehead atoms. The first kappa shape index (κ1) is 25.1. The van der Waals surface area contributed by atoms with Gasteiger partial charge in [0.15, 0.2) is 0 Å². The fraction of sp³-hybridized carbons (Fsp3) is 0.111. The number of benzene rings is 5. The van der Waals surface area contributed by atoms with Gasteiger partial charge in [-0.15, -0.1) is 0 Å². The van der Waals surface area contributed by atoms with Crippen LogP contribution in [0.25, 0.3) is 0 Å². The highest BCUT2D eigenvalue weighted by Gasteiger charge is 2.13. The third-order valence-electron chi connectivity index (χ3n) is 6.85. The zero-order chi connectivity index (χ0) is 26.5. The van der Waals surface area contributed by atoms with E-state index in [-0.39, 0.29) is 0 Å². The summed E-state index contributed by atoms with van der Waals surface area (Å²) < 4.78 is 0. The van der Waals surface area contributed by atoms with Gasteiger partial charge in [-0.3, -0.25) is 0 Å². The maximum atomic E-state index is 5.21. The van der Waals surface area contributed by atoms with Gasteiger partial charge in [0.1, 0.15) is 0 Å². The quantitative estimate of drug-likeness (QED) is 0.211. The van der Waals surface area contributed by atoms with Crippen LogP contribution in [0.3, 0.4) is 0 Å². The average Bonchev–Trinajstić information content (AvgIpc) is 2.94. The van der Waals surface area contributed by atoms with Gasteiger partial charge in [0, 0.05) is 22.3 Å². The second-order valence-corrected chi connectivity index (χ2v) is 9.71. The van der Waals surface area contributed by atoms with Gasteiger partial charge in [-0.2, -0.15) is 0 Å². The Morgan fingerprint density at radius 2 is 0.632 bits per heavy atom. The van der Waals surface area contributed by atoms with Crippen LogP contribution < -0.4 is 0 Å². The minimum absolute atomic E-state index is 0.961. The van der Waals surface area contributed by atoms with Crippen LogP contribution in [-0.4, -0.2) is 11.4 Å². The highest BCUT2D eigenvalue weighted by atomic mass is 14.8. The Hall–Kier alpha value is -4.56. The molecule has 0 unspecified atom stereocenters. The summed E-state index contributed by atoms with van der Waals surface area (Å²) in [4.78, 5) is 10.4. The van der Waals surface area contributed by atoms with Crippen LogP contribution >= 0.6 is 0 Å². The normalized spacial score (nSPS) is 12.0. The lowest BCUT2D eigenvalue weighted by Crippen LogP contribution is -2.07. The molecule has 0 aliphatic heterocycles. The highest BCUT2D eigenvalue weighted by Crippen LogP contribution is 2.28. The molecule has 0 fully saturated rings. The number of para-hydroxylation sites is 2. The molecular formula is C36H32N2. The summed E-state index contributed by atoms with van der Waals surface area (Å²) >= 11 is 0. The molecule has 2 nitrogen and oxygen atoms in total. The third-order valence-corrected chi connectivity index (χ3v) is 6.85. The lowest BCUT2D eigenvalue weighted by molar-refractivity contribution is 1.32. The van der Waals surface area contributed by atoms with E-state index in [1.807, 2.05) is 12.1 Å². The van der Waals surface area contributed by atoms with E-state index in [4.69, 9.17) is 9.98 Å². The Morgan fingerprint density at radius 3 is 0.947 bits per heavy atom. The van der Waals surface area contributed by atoms with E-state index in [9.17, 15) is 0 Å². The van der Waals surface area contributed by atoms with E-state index < -0.39 is 0 Å². The van der Waals surface area contributed by atoms with Crippen molar-refractivity contribution >= 4 is 22.8 Å². The van der Waals surface area contributed by atoms with Gasteiger partial charge in [0.05, 0.1) is 22.8 Å². The second-order valence-electron chi connectivity index (χ2n) is 9.71. The summed E-state index contributed by atoms with van der Waals surface area (Å²) in [6.07, 6.45) is 0. The number of nitrogens with zero attached hydrogens (tertiary/aromatic N) is 2. The van der Waals surface area contributed by atoms with Gasteiger partial charge >= 0.3 is 0 Å². The Morgan fingerprint density at radius 1 is 0.342 bits per heavy atom. The predicted octanol–water partition coefficient (Wildman–Crippen LogP) is 9.26. The number of hydrogen-bond acceptors (Lipinski definition) is 2. The molecule has 0 heterocycles. The van der Waals surface area contributed by atoms with Crippen LogP contribution in [0.2, 0.25) is 0 Å². The molecule has 0 saturated carbocycles. The molecule has 0 amide bonds. The van der Waals surface area contributed by atoms with Gasteiger partial charge < -0.3 is 0 Å². The summed E-state index contributed by atoms with van der Waals surface area (Å²) in [5, 5.41) is 0. The maximum absolute atomic E-state index is 5.21. The van der Waals surface area contributed by atoms with Crippen LogP contribution in [-0.2, 0) is 0 Å². The molecule has 5 aromatic carbocycles. The molecule has 0 atom stereocenters. The summed E-state index contributed by atoms with van der Waals surface area (Å²) in [7, 11) is 0. The molecule has 0 aliphatic rings. The molecule has 0 radical (unpaired) electrons. The summed E-state index contributed by atoms with van der Waals surface area (Å²) in [6.45, 7) is 8.48. The van der Waals surface area contributed by atoms with Crippen molar-refractivity contribution in [3.05, 3.63) is 166 Å². The Labute approximate surface area is 226 Å². The smallest absolute Gasteiger partial charge is 0.0781 e. The fourth-order valence-electron chi connectivity index (χ4n) is 4.76. The molecule has 186 valence electrons. The van der Waals surface area contributed by atoms with Crippen molar-refractivity contribution in [3.63, 3.8) is 0 Å². The van der Waals surface area contributed by atoms with E-state index in [0.717, 1.165) is 45.1 Å². The van der Waals surface area contributed by atoms with Gasteiger partial charge in [-0.25, -0.2) is 9.98 Å². The lowest BCUT2D eigenvalue weighted by Gasteiger charge is -2.13. The maximum Gasteiger partial charge on any atom is 0.0781 e. The van der Waals surface area contributed by atoms with Crippen LogP contribution in [0.4, 0.5) is 11.4 Å². The van der Waals surface area contributed by atoms with Crippen molar-refractivity contribution in [1.82, 2.24) is 0 Å². The standard InChI is InChI=1S/C36H32N2/c1-25-13-11-14-26(2)33(25)37-35(29-17-7-5-8-18-29)31-21-23-32(24-22-31)36(30-19-9-6-10-20-30)38-34-27(3)15-12-16-28(34)4/h5-24H,1-4H3. The summed E-state index contributed by atoms with van der Waals surface area (Å²) in [6, 6.07) is 42.1. The van der Waals surface area contributed by atoms with Crippen molar-refractivity contribution in [2.75, 3.05) is 0 Å². The summed E-state index contributed by atoms with van der Waals surface area (Å²) in [5.41, 5.74) is 13.0. The lowest BCUT2D eigenvalue weighted by atomic mass is 9.96. The Balaban J connectivity index is 1.64. The zero-order valence-corrected chi connectivity index (χ0v) is 22.4. The van der Waals surface area contributed by atoms with Crippen LogP contribution in [0.15, 0.2) is 131 Å². The van der Waals surface area contributed by atoms with Crippen LogP contribution in [0.1, 0.15) is 44.5 Å². The molecule has 0 aliphatic carbocycles. The molecule has 0 N–H and O–H groups in total. The Bertz CT molecular complexity index is 1450. The Kier molecular flexibility index (Phi) is 7.42. The second kappa shape index (κ2) is 11.2. The largest absolute Gasteiger partial charge is 0.247 e. The molecular weight excluding hydrogens is 460 g/mol. The minimum atomic E-state index is 0.961. The number of aliphatic imine (C=N–C) groups is 2. The van der Waals surface area contributed by atoms with E-state index in [1.165, 1.54) is 22.3 Å². The fourth-order valence-corrected chi connectivity index (χ4v) is 4.76. The highest BCUT2D eigenvalue weighted by molar-refractivity contribution is 6.16. The first-order valence-corrected chi connectivity index (χ1v) is 13.0. The van der Waals surface area contributed by atoms with Crippen LogP contribution in [0, 0.1) is 27.7 Å². The van der Waals surface area contributed by atoms with Crippen molar-refractivity contribution < 1.29 is 0 Å². The first-order chi connectivity index (χ1) is 18.5. The topological polar surface area (TPSA) is 24.7 Å². The molecule has 2 heteroatoms. The third kappa shape index (κ3) is 5.40. The van der Waals surface area contributed by atoms with E-state index in [2.05, 4.69) is 137 Å². The zero-order valence-electron chi connectivity index (χ0n) is 22.4.